The molecule has 1 aromatic carbocycles. The van der Waals surface area contributed by atoms with E-state index in [-0.39, 0.29) is 29.8 Å². The van der Waals surface area contributed by atoms with Crippen LogP contribution in [0.2, 0.25) is 0 Å². The number of piperidine rings is 1. The van der Waals surface area contributed by atoms with Crippen LogP contribution in [-0.4, -0.2) is 67.1 Å². The van der Waals surface area contributed by atoms with Crippen LogP contribution in [-0.2, 0) is 19.2 Å². The minimum Gasteiger partial charge on any atom is -0.478 e. The maximum atomic E-state index is 13.6. The molecule has 0 radical (unpaired) electrons. The molecule has 2 unspecified atom stereocenters. The maximum absolute atomic E-state index is 13.6. The number of hydrogen-bond donors (Lipinski definition) is 2. The van der Waals surface area contributed by atoms with Crippen molar-refractivity contribution in [1.82, 2.24) is 14.8 Å². The van der Waals surface area contributed by atoms with Gasteiger partial charge in [-0.2, -0.15) is 0 Å². The van der Waals surface area contributed by atoms with Crippen molar-refractivity contribution in [3.05, 3.63) is 53.7 Å². The summed E-state index contributed by atoms with van der Waals surface area (Å²) in [7, 11) is 0. The number of H-pyrrole nitrogens is 1. The van der Waals surface area contributed by atoms with Crippen LogP contribution in [0.1, 0.15) is 47.4 Å². The summed E-state index contributed by atoms with van der Waals surface area (Å²) in [6, 6.07) is 7.61. The lowest BCUT2D eigenvalue weighted by Gasteiger charge is -2.46. The summed E-state index contributed by atoms with van der Waals surface area (Å²) in [6.07, 6.45) is 0.996. The van der Waals surface area contributed by atoms with E-state index < -0.39 is 47.2 Å². The van der Waals surface area contributed by atoms with Crippen LogP contribution in [0.5, 0.6) is 0 Å². The summed E-state index contributed by atoms with van der Waals surface area (Å²) in [6.45, 7) is 2.15. The van der Waals surface area contributed by atoms with Gasteiger partial charge in [-0.05, 0) is 37.6 Å². The van der Waals surface area contributed by atoms with E-state index in [1.807, 2.05) is 0 Å². The van der Waals surface area contributed by atoms with Crippen molar-refractivity contribution in [1.29, 1.82) is 0 Å². The Morgan fingerprint density at radius 3 is 2.15 bits per heavy atom. The van der Waals surface area contributed by atoms with Crippen molar-refractivity contribution in [2.45, 2.75) is 38.4 Å². The summed E-state index contributed by atoms with van der Waals surface area (Å²) >= 11 is 0. The molecule has 2 aliphatic heterocycles. The number of nitrogens with one attached hydrogen (secondary N) is 1. The highest BCUT2D eigenvalue weighted by Gasteiger charge is 2.57. The Bertz CT molecular complexity index is 1170. The lowest BCUT2D eigenvalue weighted by Crippen LogP contribution is -2.72. The largest absolute Gasteiger partial charge is 0.478 e. The number of likely N-dealkylation sites (tertiary alicyclic amines) is 1. The van der Waals surface area contributed by atoms with Gasteiger partial charge in [0.25, 0.3) is 17.7 Å². The number of benzene rings is 1. The van der Waals surface area contributed by atoms with Crippen LogP contribution in [0.25, 0.3) is 0 Å². The number of carboxylic acid groups (broad SMARTS) is 1. The number of carbonyl (C=O) groups excluding carboxylic acids is 5. The van der Waals surface area contributed by atoms with Gasteiger partial charge in [0, 0.05) is 19.5 Å². The van der Waals surface area contributed by atoms with Gasteiger partial charge in [0.05, 0.1) is 11.1 Å². The number of aliphatic carboxylic acids is 1. The van der Waals surface area contributed by atoms with Crippen LogP contribution in [0.4, 0.5) is 5.82 Å². The molecule has 2 aromatic rings. The van der Waals surface area contributed by atoms with Crippen molar-refractivity contribution in [3.8, 4) is 0 Å². The van der Waals surface area contributed by atoms with Crippen molar-refractivity contribution in [3.63, 3.8) is 0 Å². The number of aromatic amines is 1. The Kier molecular flexibility index (Phi) is 5.11. The van der Waals surface area contributed by atoms with Gasteiger partial charge in [-0.1, -0.05) is 12.1 Å². The van der Waals surface area contributed by atoms with Crippen LogP contribution in [0.3, 0.4) is 0 Å². The number of hydrogen-bond acceptors (Lipinski definition) is 6. The maximum Gasteiger partial charge on any atom is 0.351 e. The second kappa shape index (κ2) is 7.69. The first-order chi connectivity index (χ1) is 15.6. The van der Waals surface area contributed by atoms with Crippen molar-refractivity contribution < 1.29 is 33.9 Å². The van der Waals surface area contributed by atoms with E-state index in [1.165, 1.54) is 30.5 Å². The second-order valence-corrected chi connectivity index (χ2v) is 7.88. The SMILES string of the molecule is CC(=O)N(c1ccc[nH]1)C(C)(C(=O)O)N1C(=O)CCC(N2C(=O)c3ccccc3C2=O)C1=O. The van der Waals surface area contributed by atoms with E-state index in [2.05, 4.69) is 4.98 Å². The van der Waals surface area contributed by atoms with Gasteiger partial charge in [0.15, 0.2) is 0 Å². The topological polar surface area (TPSA) is 148 Å². The fourth-order valence-corrected chi connectivity index (χ4v) is 4.42. The number of carbonyl (C=O) groups is 6. The molecule has 2 N–H and O–H groups in total. The lowest BCUT2D eigenvalue weighted by molar-refractivity contribution is -0.170. The lowest BCUT2D eigenvalue weighted by atomic mass is 9.96. The number of anilines is 1. The van der Waals surface area contributed by atoms with E-state index >= 15 is 0 Å². The summed E-state index contributed by atoms with van der Waals surface area (Å²) in [4.78, 5) is 82.0. The molecule has 1 fully saturated rings. The molecule has 3 heterocycles. The first-order valence-electron chi connectivity index (χ1n) is 10.1. The molecular formula is C22H20N4O7. The third-order valence-electron chi connectivity index (χ3n) is 5.94. The van der Waals surface area contributed by atoms with Gasteiger partial charge in [-0.25, -0.2) is 9.69 Å². The highest BCUT2D eigenvalue weighted by Crippen LogP contribution is 2.34. The standard InChI is InChI=1S/C22H20N4O7/c1-12(27)25(16-8-5-11-23-16)22(2,21(32)33)26-17(28)10-9-15(20(26)31)24-18(29)13-6-3-4-7-14(13)19(24)30/h3-8,11,15,23H,9-10H2,1-2H3,(H,32,33). The average molecular weight is 452 g/mol. The highest BCUT2D eigenvalue weighted by molar-refractivity contribution is 6.23. The Labute approximate surface area is 187 Å². The first-order valence-corrected chi connectivity index (χ1v) is 10.1. The second-order valence-electron chi connectivity index (χ2n) is 7.88. The minimum absolute atomic E-state index is 0.0517. The molecule has 2 aliphatic rings. The normalized spacial score (nSPS) is 20.0. The predicted molar refractivity (Wildman–Crippen MR) is 112 cm³/mol. The van der Waals surface area contributed by atoms with Crippen molar-refractivity contribution in [2.75, 3.05) is 4.90 Å². The van der Waals surface area contributed by atoms with Crippen molar-refractivity contribution in [2.24, 2.45) is 0 Å². The Morgan fingerprint density at radius 2 is 1.67 bits per heavy atom. The number of fused-ring (bicyclic) bond motifs is 1. The Balaban J connectivity index is 1.78. The molecule has 1 saturated heterocycles. The zero-order chi connectivity index (χ0) is 24.1. The minimum atomic E-state index is -2.46. The Hall–Kier alpha value is -4.28. The molecule has 33 heavy (non-hydrogen) atoms. The molecule has 1 aromatic heterocycles. The smallest absolute Gasteiger partial charge is 0.351 e. The van der Waals surface area contributed by atoms with Gasteiger partial charge in [0.2, 0.25) is 17.5 Å². The molecule has 11 heteroatoms. The quantitative estimate of drug-likeness (QED) is 0.643. The first kappa shape index (κ1) is 21.9. The fourth-order valence-electron chi connectivity index (χ4n) is 4.42. The summed E-state index contributed by atoms with van der Waals surface area (Å²) in [5, 5.41) is 10.1. The highest BCUT2D eigenvalue weighted by atomic mass is 16.4. The summed E-state index contributed by atoms with van der Waals surface area (Å²) < 4.78 is 0. The van der Waals surface area contributed by atoms with Gasteiger partial charge in [0.1, 0.15) is 11.9 Å². The molecule has 0 saturated carbocycles. The van der Waals surface area contributed by atoms with Gasteiger partial charge in [-0.3, -0.25) is 33.8 Å². The zero-order valence-corrected chi connectivity index (χ0v) is 17.8. The number of aromatic nitrogens is 1. The fraction of sp³-hybridized carbons (Fsp3) is 0.273. The van der Waals surface area contributed by atoms with Crippen LogP contribution < -0.4 is 4.90 Å². The van der Waals surface area contributed by atoms with Gasteiger partial charge in [-0.15, -0.1) is 0 Å². The monoisotopic (exact) mass is 452 g/mol. The van der Waals surface area contributed by atoms with E-state index in [0.717, 1.165) is 23.6 Å². The molecule has 5 amide bonds. The molecule has 0 aliphatic carbocycles. The predicted octanol–water partition coefficient (Wildman–Crippen LogP) is 0.982. The summed E-state index contributed by atoms with van der Waals surface area (Å²) in [5.74, 6) is -5.63. The number of nitrogens with zero attached hydrogens (tertiary/aromatic N) is 3. The van der Waals surface area contributed by atoms with E-state index in [4.69, 9.17) is 0 Å². The number of amides is 5. The molecule has 170 valence electrons. The van der Waals surface area contributed by atoms with Gasteiger partial charge < -0.3 is 10.1 Å². The van der Waals surface area contributed by atoms with Crippen LogP contribution in [0, 0.1) is 0 Å². The van der Waals surface area contributed by atoms with E-state index in [0.29, 0.717) is 4.90 Å². The third kappa shape index (κ3) is 3.12. The van der Waals surface area contributed by atoms with E-state index in [9.17, 15) is 33.9 Å². The molecule has 0 bridgehead atoms. The van der Waals surface area contributed by atoms with Crippen LogP contribution in [0.15, 0.2) is 42.6 Å². The number of rotatable bonds is 5. The van der Waals surface area contributed by atoms with Crippen LogP contribution >= 0.6 is 0 Å². The molecule has 2 atom stereocenters. The molecular weight excluding hydrogens is 432 g/mol. The molecule has 4 rings (SSSR count). The third-order valence-corrected chi connectivity index (χ3v) is 5.94. The number of carboxylic acids is 1. The zero-order valence-electron chi connectivity index (χ0n) is 17.8. The van der Waals surface area contributed by atoms with E-state index in [1.54, 1.807) is 12.1 Å². The summed E-state index contributed by atoms with van der Waals surface area (Å²) in [5.41, 5.74) is -2.21. The Morgan fingerprint density at radius 1 is 1.06 bits per heavy atom. The van der Waals surface area contributed by atoms with Crippen molar-refractivity contribution >= 4 is 41.3 Å². The number of imide groups is 2. The van der Waals surface area contributed by atoms with Gasteiger partial charge >= 0.3 is 5.97 Å². The molecule has 11 nitrogen and oxygen atoms in total. The average Bonchev–Trinajstić information content (AvgIpc) is 3.36. The molecule has 0 spiro atoms.